The van der Waals surface area contributed by atoms with Gasteiger partial charge in [0, 0.05) is 17.8 Å². The average Bonchev–Trinajstić information content (AvgIpc) is 2.15. The highest BCUT2D eigenvalue weighted by Crippen LogP contribution is 2.37. The van der Waals surface area contributed by atoms with E-state index in [1.807, 2.05) is 12.1 Å². The maximum absolute atomic E-state index is 6.05. The predicted molar refractivity (Wildman–Crippen MR) is 63.3 cm³/mol. The molecule has 0 atom stereocenters. The predicted octanol–water partition coefficient (Wildman–Crippen LogP) is 3.18. The van der Waals surface area contributed by atoms with E-state index in [1.54, 1.807) is 14.2 Å². The lowest BCUT2D eigenvalue weighted by Crippen LogP contribution is -2.09. The molecule has 0 radical (unpaired) electrons. The van der Waals surface area contributed by atoms with Crippen LogP contribution in [0.15, 0.2) is 12.1 Å². The molecule has 0 bridgehead atoms. The maximum Gasteiger partial charge on any atom is 0.179 e. The summed E-state index contributed by atoms with van der Waals surface area (Å²) in [5, 5.41) is 3.79. The van der Waals surface area contributed by atoms with Crippen LogP contribution >= 0.6 is 11.6 Å². The van der Waals surface area contributed by atoms with Crippen molar-refractivity contribution in [2.45, 2.75) is 19.9 Å². The standard InChI is InChI=1S/C11H16ClNO2/c1-7(2)13-8-5-9(12)11(15-4)10(6-8)14-3/h5-7,13H,1-4H3. The number of benzene rings is 1. The fraction of sp³-hybridized carbons (Fsp3) is 0.455. The van der Waals surface area contributed by atoms with Gasteiger partial charge in [0.1, 0.15) is 0 Å². The first-order valence-corrected chi connectivity index (χ1v) is 5.14. The van der Waals surface area contributed by atoms with E-state index < -0.39 is 0 Å². The summed E-state index contributed by atoms with van der Waals surface area (Å²) in [7, 11) is 3.16. The molecule has 0 aliphatic heterocycles. The van der Waals surface area contributed by atoms with E-state index in [-0.39, 0.29) is 0 Å². The van der Waals surface area contributed by atoms with Gasteiger partial charge in [0.2, 0.25) is 0 Å². The van der Waals surface area contributed by atoms with E-state index in [9.17, 15) is 0 Å². The zero-order chi connectivity index (χ0) is 11.4. The van der Waals surface area contributed by atoms with Crippen molar-refractivity contribution in [3.63, 3.8) is 0 Å². The van der Waals surface area contributed by atoms with Crippen LogP contribution in [0, 0.1) is 0 Å². The van der Waals surface area contributed by atoms with E-state index in [4.69, 9.17) is 21.1 Å². The van der Waals surface area contributed by atoms with Gasteiger partial charge in [-0.3, -0.25) is 0 Å². The quantitative estimate of drug-likeness (QED) is 0.860. The summed E-state index contributed by atoms with van der Waals surface area (Å²) in [5.74, 6) is 1.20. The summed E-state index contributed by atoms with van der Waals surface area (Å²) in [6.07, 6.45) is 0. The number of ether oxygens (including phenoxy) is 2. The first-order valence-electron chi connectivity index (χ1n) is 4.76. The lowest BCUT2D eigenvalue weighted by Gasteiger charge is -2.14. The molecule has 0 heterocycles. The summed E-state index contributed by atoms with van der Waals surface area (Å²) in [4.78, 5) is 0. The molecule has 0 unspecified atom stereocenters. The molecule has 1 aromatic rings. The van der Waals surface area contributed by atoms with Crippen molar-refractivity contribution in [1.29, 1.82) is 0 Å². The van der Waals surface area contributed by atoms with Crippen LogP contribution in [0.1, 0.15) is 13.8 Å². The van der Waals surface area contributed by atoms with Gasteiger partial charge in [-0.05, 0) is 19.9 Å². The second kappa shape index (κ2) is 5.12. The van der Waals surface area contributed by atoms with E-state index in [0.29, 0.717) is 22.6 Å². The highest BCUT2D eigenvalue weighted by Gasteiger charge is 2.10. The topological polar surface area (TPSA) is 30.5 Å². The Bertz CT molecular complexity index is 340. The molecule has 0 spiro atoms. The van der Waals surface area contributed by atoms with Crippen molar-refractivity contribution in [2.75, 3.05) is 19.5 Å². The minimum atomic E-state index is 0.346. The Morgan fingerprint density at radius 3 is 2.33 bits per heavy atom. The number of anilines is 1. The van der Waals surface area contributed by atoms with Crippen LogP contribution in [0.4, 0.5) is 5.69 Å². The molecule has 1 rings (SSSR count). The molecule has 0 aliphatic carbocycles. The first-order chi connectivity index (χ1) is 7.08. The van der Waals surface area contributed by atoms with Crippen LogP contribution < -0.4 is 14.8 Å². The summed E-state index contributed by atoms with van der Waals surface area (Å²) in [6, 6.07) is 4.03. The summed E-state index contributed by atoms with van der Waals surface area (Å²) >= 11 is 6.05. The maximum atomic E-state index is 6.05. The largest absolute Gasteiger partial charge is 0.493 e. The van der Waals surface area contributed by atoms with E-state index in [2.05, 4.69) is 19.2 Å². The van der Waals surface area contributed by atoms with Gasteiger partial charge < -0.3 is 14.8 Å². The molecule has 1 N–H and O–H groups in total. The van der Waals surface area contributed by atoms with E-state index >= 15 is 0 Å². The number of hydrogen-bond acceptors (Lipinski definition) is 3. The summed E-state index contributed by atoms with van der Waals surface area (Å²) < 4.78 is 10.3. The molecular formula is C11H16ClNO2. The zero-order valence-corrected chi connectivity index (χ0v) is 10.2. The number of methoxy groups -OCH3 is 2. The van der Waals surface area contributed by atoms with Crippen LogP contribution in [-0.2, 0) is 0 Å². The Morgan fingerprint density at radius 2 is 1.87 bits per heavy atom. The Morgan fingerprint density at radius 1 is 1.20 bits per heavy atom. The lowest BCUT2D eigenvalue weighted by atomic mass is 10.2. The molecule has 3 nitrogen and oxygen atoms in total. The van der Waals surface area contributed by atoms with Gasteiger partial charge in [-0.1, -0.05) is 11.6 Å². The minimum absolute atomic E-state index is 0.346. The molecule has 0 fully saturated rings. The van der Waals surface area contributed by atoms with Crippen molar-refractivity contribution < 1.29 is 9.47 Å². The van der Waals surface area contributed by atoms with Crippen molar-refractivity contribution in [3.8, 4) is 11.5 Å². The minimum Gasteiger partial charge on any atom is -0.493 e. The van der Waals surface area contributed by atoms with Crippen LogP contribution in [0.2, 0.25) is 5.02 Å². The van der Waals surface area contributed by atoms with Gasteiger partial charge in [-0.15, -0.1) is 0 Å². The third kappa shape index (κ3) is 2.93. The molecule has 0 aromatic heterocycles. The number of nitrogens with one attached hydrogen (secondary N) is 1. The van der Waals surface area contributed by atoms with Crippen LogP contribution in [0.5, 0.6) is 11.5 Å². The van der Waals surface area contributed by atoms with Crippen LogP contribution in [0.25, 0.3) is 0 Å². The number of halogens is 1. The van der Waals surface area contributed by atoms with Gasteiger partial charge in [-0.2, -0.15) is 0 Å². The monoisotopic (exact) mass is 229 g/mol. The second-order valence-electron chi connectivity index (χ2n) is 3.49. The molecule has 0 saturated carbocycles. The molecule has 0 amide bonds. The lowest BCUT2D eigenvalue weighted by molar-refractivity contribution is 0.355. The molecule has 84 valence electrons. The second-order valence-corrected chi connectivity index (χ2v) is 3.90. The fourth-order valence-corrected chi connectivity index (χ4v) is 1.62. The SMILES string of the molecule is COc1cc(NC(C)C)cc(Cl)c1OC. The van der Waals surface area contributed by atoms with Crippen LogP contribution in [-0.4, -0.2) is 20.3 Å². The molecule has 1 aromatic carbocycles. The number of rotatable bonds is 4. The zero-order valence-electron chi connectivity index (χ0n) is 9.43. The highest BCUT2D eigenvalue weighted by molar-refractivity contribution is 6.32. The van der Waals surface area contributed by atoms with Gasteiger partial charge >= 0.3 is 0 Å². The Balaban J connectivity index is 3.08. The average molecular weight is 230 g/mol. The Hall–Kier alpha value is -1.09. The number of hydrogen-bond donors (Lipinski definition) is 1. The Kier molecular flexibility index (Phi) is 4.09. The highest BCUT2D eigenvalue weighted by atomic mass is 35.5. The van der Waals surface area contributed by atoms with Gasteiger partial charge in [0.15, 0.2) is 11.5 Å². The van der Waals surface area contributed by atoms with Crippen molar-refractivity contribution in [3.05, 3.63) is 17.2 Å². The molecule has 0 aliphatic rings. The first kappa shape index (κ1) is 12.0. The summed E-state index contributed by atoms with van der Waals surface area (Å²) in [6.45, 7) is 4.12. The summed E-state index contributed by atoms with van der Waals surface area (Å²) in [5.41, 5.74) is 0.924. The van der Waals surface area contributed by atoms with Crippen molar-refractivity contribution >= 4 is 17.3 Å². The third-order valence-corrected chi connectivity index (χ3v) is 2.17. The fourth-order valence-electron chi connectivity index (χ4n) is 1.33. The molecule has 0 saturated heterocycles. The molecule has 15 heavy (non-hydrogen) atoms. The van der Waals surface area contributed by atoms with Crippen LogP contribution in [0.3, 0.4) is 0 Å². The van der Waals surface area contributed by atoms with Crippen molar-refractivity contribution in [1.82, 2.24) is 0 Å². The van der Waals surface area contributed by atoms with Gasteiger partial charge in [0.25, 0.3) is 0 Å². The molecular weight excluding hydrogens is 214 g/mol. The Labute approximate surface area is 95.3 Å². The van der Waals surface area contributed by atoms with E-state index in [1.165, 1.54) is 0 Å². The third-order valence-electron chi connectivity index (χ3n) is 1.89. The van der Waals surface area contributed by atoms with Crippen molar-refractivity contribution in [2.24, 2.45) is 0 Å². The van der Waals surface area contributed by atoms with Gasteiger partial charge in [-0.25, -0.2) is 0 Å². The van der Waals surface area contributed by atoms with Gasteiger partial charge in [0.05, 0.1) is 19.2 Å². The normalized spacial score (nSPS) is 10.3. The van der Waals surface area contributed by atoms with E-state index in [0.717, 1.165) is 5.69 Å². The molecule has 4 heteroatoms. The smallest absolute Gasteiger partial charge is 0.179 e.